The first kappa shape index (κ1) is 13.1. The Labute approximate surface area is 110 Å². The summed E-state index contributed by atoms with van der Waals surface area (Å²) in [7, 11) is 0. The normalized spacial score (nSPS) is 21.1. The highest BCUT2D eigenvalue weighted by atomic mass is 35.5. The van der Waals surface area contributed by atoms with Crippen molar-refractivity contribution in [3.63, 3.8) is 0 Å². The van der Waals surface area contributed by atoms with Crippen molar-refractivity contribution in [2.75, 3.05) is 18.0 Å². The molecule has 1 aliphatic rings. The molecule has 0 spiro atoms. The predicted octanol–water partition coefficient (Wildman–Crippen LogP) is 1.64. The number of hydrogen-bond donors (Lipinski definition) is 2. The van der Waals surface area contributed by atoms with Gasteiger partial charge in [0.15, 0.2) is 0 Å². The molecule has 98 valence electrons. The van der Waals surface area contributed by atoms with Crippen molar-refractivity contribution in [1.82, 2.24) is 4.98 Å². The Morgan fingerprint density at radius 2 is 2.33 bits per heavy atom. The van der Waals surface area contributed by atoms with E-state index in [1.807, 2.05) is 4.90 Å². The van der Waals surface area contributed by atoms with Crippen LogP contribution in [0.4, 0.5) is 5.82 Å². The lowest BCUT2D eigenvalue weighted by Gasteiger charge is -2.19. The van der Waals surface area contributed by atoms with Gasteiger partial charge in [-0.05, 0) is 25.5 Å². The lowest BCUT2D eigenvalue weighted by atomic mass is 10.0. The molecule has 0 bridgehead atoms. The van der Waals surface area contributed by atoms with Crippen LogP contribution in [-0.2, 0) is 0 Å². The second-order valence-corrected chi connectivity index (χ2v) is 4.96. The Morgan fingerprint density at radius 1 is 1.61 bits per heavy atom. The molecule has 18 heavy (non-hydrogen) atoms. The first-order valence-corrected chi connectivity index (χ1v) is 6.19. The summed E-state index contributed by atoms with van der Waals surface area (Å²) in [5.41, 5.74) is 0.130. The van der Waals surface area contributed by atoms with Gasteiger partial charge in [0, 0.05) is 19.0 Å². The number of aromatic carboxylic acids is 1. The molecular formula is C12H15ClN2O3. The van der Waals surface area contributed by atoms with Crippen LogP contribution in [0.2, 0.25) is 5.15 Å². The summed E-state index contributed by atoms with van der Waals surface area (Å²) in [6.45, 7) is 3.19. The molecular weight excluding hydrogens is 256 g/mol. The fraction of sp³-hybridized carbons (Fsp3) is 0.500. The van der Waals surface area contributed by atoms with Gasteiger partial charge in [-0.15, -0.1) is 0 Å². The highest BCUT2D eigenvalue weighted by Gasteiger charge is 2.27. The summed E-state index contributed by atoms with van der Waals surface area (Å²) in [5, 5.41) is 18.7. The highest BCUT2D eigenvalue weighted by Crippen LogP contribution is 2.26. The van der Waals surface area contributed by atoms with Crippen LogP contribution >= 0.6 is 11.6 Å². The van der Waals surface area contributed by atoms with E-state index in [0.717, 1.165) is 13.0 Å². The van der Waals surface area contributed by atoms with Crippen molar-refractivity contribution in [2.24, 2.45) is 5.92 Å². The van der Waals surface area contributed by atoms with Gasteiger partial charge in [0.1, 0.15) is 11.0 Å². The van der Waals surface area contributed by atoms with Gasteiger partial charge in [0.2, 0.25) is 0 Å². The number of carboxylic acid groups (broad SMARTS) is 1. The Hall–Kier alpha value is -1.33. The van der Waals surface area contributed by atoms with Crippen molar-refractivity contribution < 1.29 is 15.0 Å². The maximum absolute atomic E-state index is 10.9. The number of anilines is 1. The van der Waals surface area contributed by atoms with Gasteiger partial charge in [-0.2, -0.15) is 0 Å². The van der Waals surface area contributed by atoms with E-state index in [1.165, 1.54) is 12.1 Å². The number of aromatic nitrogens is 1. The van der Waals surface area contributed by atoms with Crippen LogP contribution in [0, 0.1) is 5.92 Å². The molecule has 1 fully saturated rings. The third-order valence-electron chi connectivity index (χ3n) is 3.26. The molecule has 5 nitrogen and oxygen atoms in total. The minimum atomic E-state index is -1.02. The van der Waals surface area contributed by atoms with E-state index in [2.05, 4.69) is 4.98 Å². The maximum Gasteiger partial charge on any atom is 0.335 e. The molecule has 2 N–H and O–H groups in total. The van der Waals surface area contributed by atoms with Gasteiger partial charge in [0.05, 0.1) is 11.7 Å². The monoisotopic (exact) mass is 270 g/mol. The van der Waals surface area contributed by atoms with E-state index in [4.69, 9.17) is 16.7 Å². The number of carboxylic acids is 1. The van der Waals surface area contributed by atoms with Crippen LogP contribution in [0.15, 0.2) is 12.1 Å². The van der Waals surface area contributed by atoms with Gasteiger partial charge < -0.3 is 15.1 Å². The van der Waals surface area contributed by atoms with Gasteiger partial charge >= 0.3 is 5.97 Å². The number of rotatable bonds is 3. The lowest BCUT2D eigenvalue weighted by Crippen LogP contribution is -2.24. The number of aliphatic hydroxyl groups excluding tert-OH is 1. The molecule has 2 heterocycles. The molecule has 0 saturated carbocycles. The van der Waals surface area contributed by atoms with E-state index < -0.39 is 5.97 Å². The standard InChI is InChI=1S/C12H15ClN2O3/c1-7(16)8-2-3-15(6-8)11-5-9(12(17)18)4-10(13)14-11/h4-5,7-8,16H,2-3,6H2,1H3,(H,17,18). The minimum Gasteiger partial charge on any atom is -0.478 e. The van der Waals surface area contributed by atoms with Crippen LogP contribution in [0.25, 0.3) is 0 Å². The fourth-order valence-electron chi connectivity index (χ4n) is 2.16. The largest absolute Gasteiger partial charge is 0.478 e. The van der Waals surface area contributed by atoms with E-state index in [0.29, 0.717) is 12.4 Å². The zero-order chi connectivity index (χ0) is 13.3. The molecule has 2 rings (SSSR count). The van der Waals surface area contributed by atoms with Crippen molar-refractivity contribution in [2.45, 2.75) is 19.4 Å². The summed E-state index contributed by atoms with van der Waals surface area (Å²) in [6.07, 6.45) is 0.502. The Bertz CT molecular complexity index is 465. The number of aliphatic hydroxyl groups is 1. The van der Waals surface area contributed by atoms with E-state index in [9.17, 15) is 9.90 Å². The molecule has 0 aromatic carbocycles. The third-order valence-corrected chi connectivity index (χ3v) is 3.45. The number of carbonyl (C=O) groups is 1. The minimum absolute atomic E-state index is 0.130. The molecule has 1 aromatic rings. The SMILES string of the molecule is CC(O)C1CCN(c2cc(C(=O)O)cc(Cl)n2)C1. The molecule has 2 atom stereocenters. The number of hydrogen-bond acceptors (Lipinski definition) is 4. The van der Waals surface area contributed by atoms with Crippen molar-refractivity contribution in [3.05, 3.63) is 22.8 Å². The average Bonchev–Trinajstić information content (AvgIpc) is 2.77. The summed E-state index contributed by atoms with van der Waals surface area (Å²) in [6, 6.07) is 2.84. The Kier molecular flexibility index (Phi) is 3.73. The second-order valence-electron chi connectivity index (χ2n) is 4.58. The van der Waals surface area contributed by atoms with Crippen LogP contribution in [0.1, 0.15) is 23.7 Å². The molecule has 0 radical (unpaired) electrons. The quantitative estimate of drug-likeness (QED) is 0.817. The van der Waals surface area contributed by atoms with Crippen molar-refractivity contribution in [3.8, 4) is 0 Å². The Morgan fingerprint density at radius 3 is 2.89 bits per heavy atom. The topological polar surface area (TPSA) is 73.7 Å². The van der Waals surface area contributed by atoms with Crippen LogP contribution in [0.5, 0.6) is 0 Å². The predicted molar refractivity (Wildman–Crippen MR) is 68.2 cm³/mol. The molecule has 1 aliphatic heterocycles. The number of pyridine rings is 1. The molecule has 0 aliphatic carbocycles. The van der Waals surface area contributed by atoms with Crippen LogP contribution in [0.3, 0.4) is 0 Å². The maximum atomic E-state index is 10.9. The molecule has 0 amide bonds. The van der Waals surface area contributed by atoms with Gasteiger partial charge in [0.25, 0.3) is 0 Å². The van der Waals surface area contributed by atoms with Crippen molar-refractivity contribution >= 4 is 23.4 Å². The molecule has 1 aromatic heterocycles. The van der Waals surface area contributed by atoms with E-state index in [-0.39, 0.29) is 22.7 Å². The van der Waals surface area contributed by atoms with Crippen LogP contribution in [-0.4, -0.2) is 40.4 Å². The van der Waals surface area contributed by atoms with Gasteiger partial charge in [-0.25, -0.2) is 9.78 Å². The van der Waals surface area contributed by atoms with Crippen molar-refractivity contribution in [1.29, 1.82) is 0 Å². The number of halogens is 1. The lowest BCUT2D eigenvalue weighted by molar-refractivity contribution is 0.0696. The molecule has 2 unspecified atom stereocenters. The van der Waals surface area contributed by atoms with Crippen LogP contribution < -0.4 is 4.90 Å². The first-order valence-electron chi connectivity index (χ1n) is 5.81. The van der Waals surface area contributed by atoms with E-state index >= 15 is 0 Å². The third kappa shape index (κ3) is 2.73. The van der Waals surface area contributed by atoms with E-state index in [1.54, 1.807) is 6.92 Å². The summed E-state index contributed by atoms with van der Waals surface area (Å²) >= 11 is 5.82. The highest BCUT2D eigenvalue weighted by molar-refractivity contribution is 6.29. The summed E-state index contributed by atoms with van der Waals surface area (Å²) < 4.78 is 0. The number of nitrogens with zero attached hydrogens (tertiary/aromatic N) is 2. The van der Waals surface area contributed by atoms with Gasteiger partial charge in [-0.1, -0.05) is 11.6 Å². The second kappa shape index (κ2) is 5.12. The average molecular weight is 271 g/mol. The van der Waals surface area contributed by atoms with Gasteiger partial charge in [-0.3, -0.25) is 0 Å². The Balaban J connectivity index is 2.21. The zero-order valence-corrected chi connectivity index (χ0v) is 10.8. The molecule has 1 saturated heterocycles. The smallest absolute Gasteiger partial charge is 0.335 e. The fourth-order valence-corrected chi connectivity index (χ4v) is 2.36. The zero-order valence-electron chi connectivity index (χ0n) is 10.0. The molecule has 6 heteroatoms. The summed E-state index contributed by atoms with van der Waals surface area (Å²) in [4.78, 5) is 17.0. The first-order chi connectivity index (χ1) is 8.47. The summed E-state index contributed by atoms with van der Waals surface area (Å²) in [5.74, 6) is -0.270.